The summed E-state index contributed by atoms with van der Waals surface area (Å²) in [5.41, 5.74) is -1.77. The first-order valence-corrected chi connectivity index (χ1v) is 9.30. The predicted molar refractivity (Wildman–Crippen MR) is 98.8 cm³/mol. The number of ether oxygens (including phenoxy) is 1. The summed E-state index contributed by atoms with van der Waals surface area (Å²) >= 11 is 0. The van der Waals surface area contributed by atoms with Gasteiger partial charge in [-0.1, -0.05) is 0 Å². The van der Waals surface area contributed by atoms with Gasteiger partial charge in [0.15, 0.2) is 11.8 Å². The summed E-state index contributed by atoms with van der Waals surface area (Å²) < 4.78 is 73.9. The molecule has 0 saturated carbocycles. The average Bonchev–Trinajstić information content (AvgIpc) is 2.71. The second kappa shape index (κ2) is 7.55. The summed E-state index contributed by atoms with van der Waals surface area (Å²) in [6.07, 6.45) is -6.78. The van der Waals surface area contributed by atoms with Gasteiger partial charge in [0.2, 0.25) is 5.95 Å². The van der Waals surface area contributed by atoms with Gasteiger partial charge >= 0.3 is 12.3 Å². The number of nitrogens with zero attached hydrogens (tertiary/aromatic N) is 4. The van der Waals surface area contributed by atoms with Crippen molar-refractivity contribution in [3.05, 3.63) is 29.6 Å². The van der Waals surface area contributed by atoms with Crippen LogP contribution in [0.4, 0.5) is 38.5 Å². The van der Waals surface area contributed by atoms with Gasteiger partial charge in [-0.05, 0) is 12.1 Å². The molecule has 2 aromatic heterocycles. The minimum Gasteiger partial charge on any atom is -0.434 e. The van der Waals surface area contributed by atoms with E-state index >= 15 is 0 Å². The third-order valence-electron chi connectivity index (χ3n) is 4.84. The fourth-order valence-electron chi connectivity index (χ4n) is 3.43. The van der Waals surface area contributed by atoms with Crippen molar-refractivity contribution < 1.29 is 31.5 Å². The van der Waals surface area contributed by atoms with Crippen LogP contribution >= 0.6 is 0 Å². The zero-order valence-corrected chi connectivity index (χ0v) is 16.1. The van der Waals surface area contributed by atoms with Crippen LogP contribution in [0.2, 0.25) is 0 Å². The Labute approximate surface area is 172 Å². The van der Waals surface area contributed by atoms with Gasteiger partial charge in [-0.3, -0.25) is 5.32 Å². The molecule has 31 heavy (non-hydrogen) atoms. The van der Waals surface area contributed by atoms with Gasteiger partial charge in [-0.25, -0.2) is 28.5 Å². The summed E-state index contributed by atoms with van der Waals surface area (Å²) in [4.78, 5) is 25.0. The molecule has 0 aromatic carbocycles. The van der Waals surface area contributed by atoms with E-state index in [1.165, 1.54) is 12.3 Å². The number of fused-ring (bicyclic) bond motifs is 1. The molecule has 2 aromatic rings. The number of carbonyl (C=O) groups is 1. The summed E-state index contributed by atoms with van der Waals surface area (Å²) in [6.45, 7) is 2.37. The van der Waals surface area contributed by atoms with E-state index in [0.29, 0.717) is 39.2 Å². The predicted octanol–water partition coefficient (Wildman–Crippen LogP) is 3.23. The molecular weight excluding hydrogens is 427 g/mol. The summed E-state index contributed by atoms with van der Waals surface area (Å²) in [7, 11) is 0. The van der Waals surface area contributed by atoms with E-state index in [-0.39, 0.29) is 28.6 Å². The second-order valence-corrected chi connectivity index (χ2v) is 7.16. The van der Waals surface area contributed by atoms with Crippen LogP contribution in [0.1, 0.15) is 24.3 Å². The number of nitrogens with one attached hydrogen (secondary N) is 2. The Morgan fingerprint density at radius 1 is 1.16 bits per heavy atom. The molecule has 2 aliphatic heterocycles. The molecule has 2 N–H and O–H groups in total. The maximum Gasteiger partial charge on any atom is 0.433 e. The van der Waals surface area contributed by atoms with Crippen LogP contribution in [0.3, 0.4) is 0 Å². The van der Waals surface area contributed by atoms with E-state index in [0.717, 1.165) is 0 Å². The number of aromatic nitrogens is 3. The molecule has 1 amide bonds. The fourth-order valence-corrected chi connectivity index (χ4v) is 3.43. The molecule has 0 aliphatic carbocycles. The monoisotopic (exact) mass is 444 g/mol. The van der Waals surface area contributed by atoms with E-state index in [1.54, 1.807) is 4.90 Å². The van der Waals surface area contributed by atoms with Crippen molar-refractivity contribution >= 4 is 17.9 Å². The van der Waals surface area contributed by atoms with Crippen LogP contribution in [-0.4, -0.2) is 53.1 Å². The molecule has 2 aliphatic rings. The summed E-state index contributed by atoms with van der Waals surface area (Å²) in [5.74, 6) is -3.92. The third kappa shape index (κ3) is 4.22. The van der Waals surface area contributed by atoms with Crippen LogP contribution in [0.5, 0.6) is 0 Å². The molecule has 1 fully saturated rings. The SMILES string of the molecule is CC(F)(F)[C@@H]1OC(=O)Nc2nccc(-c3cc(C(F)(F)F)nc(N4CCNCC4)n3)c21. The Bertz CT molecular complexity index is 1000. The molecule has 13 heteroatoms. The lowest BCUT2D eigenvalue weighted by molar-refractivity contribution is -0.141. The summed E-state index contributed by atoms with van der Waals surface area (Å²) in [5, 5.41) is 5.28. The van der Waals surface area contributed by atoms with Gasteiger partial charge in [-0.2, -0.15) is 13.2 Å². The molecule has 0 bridgehead atoms. The lowest BCUT2D eigenvalue weighted by atomic mass is 9.96. The summed E-state index contributed by atoms with van der Waals surface area (Å²) in [6, 6.07) is 1.94. The minimum absolute atomic E-state index is 0.0687. The van der Waals surface area contributed by atoms with Crippen molar-refractivity contribution in [3.8, 4) is 11.3 Å². The first-order chi connectivity index (χ1) is 14.5. The van der Waals surface area contributed by atoms with Crippen LogP contribution in [0, 0.1) is 0 Å². The van der Waals surface area contributed by atoms with Crippen molar-refractivity contribution in [1.82, 2.24) is 20.3 Å². The highest BCUT2D eigenvalue weighted by Crippen LogP contribution is 2.45. The number of hydrogen-bond donors (Lipinski definition) is 2. The Morgan fingerprint density at radius 3 is 2.52 bits per heavy atom. The van der Waals surface area contributed by atoms with Gasteiger partial charge in [0, 0.05) is 44.9 Å². The molecule has 0 radical (unpaired) electrons. The Balaban J connectivity index is 1.90. The Kier molecular flexibility index (Phi) is 5.15. The molecule has 8 nitrogen and oxygen atoms in total. The minimum atomic E-state index is -4.79. The van der Waals surface area contributed by atoms with Crippen LogP contribution in [0.25, 0.3) is 11.3 Å². The number of anilines is 2. The molecule has 0 unspecified atom stereocenters. The van der Waals surface area contributed by atoms with E-state index in [2.05, 4.69) is 25.6 Å². The molecule has 1 saturated heterocycles. The zero-order chi connectivity index (χ0) is 22.4. The van der Waals surface area contributed by atoms with Gasteiger partial charge in [0.25, 0.3) is 5.92 Å². The number of carbonyl (C=O) groups excluding carboxylic acids is 1. The van der Waals surface area contributed by atoms with Crippen molar-refractivity contribution in [3.63, 3.8) is 0 Å². The number of cyclic esters (lactones) is 1. The van der Waals surface area contributed by atoms with E-state index in [9.17, 15) is 26.7 Å². The Morgan fingerprint density at radius 2 is 1.87 bits per heavy atom. The largest absolute Gasteiger partial charge is 0.434 e. The standard InChI is InChI=1S/C18H17F5N6O2/c1-17(19,20)13-12-9(2-3-25-14(12)28-16(30)31-13)10-8-11(18(21,22)23)27-15(26-10)29-6-4-24-5-7-29/h2-3,8,13,24H,4-7H2,1H3,(H,25,28,30)/t13-/m1/s1. The highest BCUT2D eigenvalue weighted by atomic mass is 19.4. The van der Waals surface area contributed by atoms with E-state index in [1.807, 2.05) is 0 Å². The fraction of sp³-hybridized carbons (Fsp3) is 0.444. The normalized spacial score (nSPS) is 19.5. The smallest absolute Gasteiger partial charge is 0.433 e. The van der Waals surface area contributed by atoms with E-state index in [4.69, 9.17) is 4.74 Å². The number of rotatable bonds is 3. The number of amides is 1. The maximum atomic E-state index is 14.2. The maximum absolute atomic E-state index is 14.2. The molecule has 166 valence electrons. The lowest BCUT2D eigenvalue weighted by Gasteiger charge is -2.31. The van der Waals surface area contributed by atoms with Gasteiger partial charge in [-0.15, -0.1) is 0 Å². The van der Waals surface area contributed by atoms with Gasteiger partial charge in [0.1, 0.15) is 5.82 Å². The molecule has 4 heterocycles. The first-order valence-electron chi connectivity index (χ1n) is 9.30. The van der Waals surface area contributed by atoms with Crippen molar-refractivity contribution in [2.24, 2.45) is 0 Å². The molecule has 1 atom stereocenters. The number of alkyl halides is 5. The van der Waals surface area contributed by atoms with Crippen molar-refractivity contribution in [2.45, 2.75) is 25.1 Å². The second-order valence-electron chi connectivity index (χ2n) is 7.16. The van der Waals surface area contributed by atoms with Crippen LogP contribution in [-0.2, 0) is 10.9 Å². The number of hydrogen-bond acceptors (Lipinski definition) is 7. The third-order valence-corrected chi connectivity index (χ3v) is 4.84. The molecule has 0 spiro atoms. The number of piperazine rings is 1. The highest BCUT2D eigenvalue weighted by Gasteiger charge is 2.45. The lowest BCUT2D eigenvalue weighted by Crippen LogP contribution is -2.44. The Hall–Kier alpha value is -3.09. The van der Waals surface area contributed by atoms with Crippen molar-refractivity contribution in [2.75, 3.05) is 36.4 Å². The quantitative estimate of drug-likeness (QED) is 0.703. The topological polar surface area (TPSA) is 92.3 Å². The highest BCUT2D eigenvalue weighted by molar-refractivity contribution is 5.89. The zero-order valence-electron chi connectivity index (χ0n) is 16.1. The molecule has 4 rings (SSSR count). The van der Waals surface area contributed by atoms with Crippen LogP contribution in [0.15, 0.2) is 18.3 Å². The average molecular weight is 444 g/mol. The van der Waals surface area contributed by atoms with Crippen molar-refractivity contribution in [1.29, 1.82) is 0 Å². The van der Waals surface area contributed by atoms with Crippen LogP contribution < -0.4 is 15.5 Å². The first kappa shape index (κ1) is 21.2. The van der Waals surface area contributed by atoms with E-state index < -0.39 is 30.0 Å². The van der Waals surface area contributed by atoms with Gasteiger partial charge in [0.05, 0.1) is 11.3 Å². The number of halogens is 5. The molecular formula is C18H17F5N6O2. The number of pyridine rings is 1. The van der Waals surface area contributed by atoms with Gasteiger partial charge < -0.3 is 15.0 Å².